The third-order valence-electron chi connectivity index (χ3n) is 5.81. The highest BCUT2D eigenvalue weighted by Crippen LogP contribution is 2.24. The van der Waals surface area contributed by atoms with E-state index in [1.54, 1.807) is 12.1 Å². The number of fused-ring (bicyclic) bond motifs is 1. The molecule has 0 saturated carbocycles. The summed E-state index contributed by atoms with van der Waals surface area (Å²) in [5, 5.41) is 3.09. The molecule has 1 amide bonds. The van der Waals surface area contributed by atoms with Crippen molar-refractivity contribution in [3.05, 3.63) is 24.0 Å². The van der Waals surface area contributed by atoms with Gasteiger partial charge < -0.3 is 9.88 Å². The summed E-state index contributed by atoms with van der Waals surface area (Å²) < 4.78 is 29.4. The molecule has 0 aliphatic rings. The number of benzene rings is 1. The summed E-state index contributed by atoms with van der Waals surface area (Å²) in [7, 11) is -3.54. The lowest BCUT2D eigenvalue weighted by Gasteiger charge is -2.18. The topological polar surface area (TPSA) is 84.3 Å². The van der Waals surface area contributed by atoms with Gasteiger partial charge in [0.05, 0.1) is 15.9 Å². The van der Waals surface area contributed by atoms with Crippen LogP contribution in [0.1, 0.15) is 79.0 Å². The summed E-state index contributed by atoms with van der Waals surface area (Å²) in [4.78, 5) is 17.4. The van der Waals surface area contributed by atoms with Crippen LogP contribution in [-0.4, -0.2) is 47.3 Å². The Bertz CT molecular complexity index is 981. The first-order valence-electron chi connectivity index (χ1n) is 12.1. The lowest BCUT2D eigenvalue weighted by molar-refractivity contribution is -0.121. The predicted octanol–water partition coefficient (Wildman–Crippen LogP) is 4.49. The molecule has 0 aliphatic carbocycles. The molecule has 0 aliphatic heterocycles. The maximum atomic E-state index is 12.9. The number of aryl methyl sites for hydroxylation is 2. The molecule has 0 radical (unpaired) electrons. The number of sulfonamides is 1. The second-order valence-electron chi connectivity index (χ2n) is 8.38. The van der Waals surface area contributed by atoms with Crippen molar-refractivity contribution in [3.8, 4) is 0 Å². The second kappa shape index (κ2) is 12.3. The number of nitrogens with one attached hydrogen (secondary N) is 1. The molecule has 1 heterocycles. The first-order chi connectivity index (χ1) is 15.3. The summed E-state index contributed by atoms with van der Waals surface area (Å²) in [5.41, 5.74) is 1.57. The van der Waals surface area contributed by atoms with Crippen molar-refractivity contribution in [2.24, 2.45) is 0 Å². The number of hydrogen-bond donors (Lipinski definition) is 1. The molecule has 1 atom stereocenters. The third kappa shape index (κ3) is 6.54. The number of nitrogens with zero attached hydrogens (tertiary/aromatic N) is 3. The van der Waals surface area contributed by atoms with Gasteiger partial charge in [-0.05, 0) is 38.0 Å². The normalized spacial score (nSPS) is 13.1. The van der Waals surface area contributed by atoms with Gasteiger partial charge in [0.25, 0.3) is 0 Å². The standard InChI is InChI=1S/C24H40N4O3S/c1-6-10-11-12-19(5)25-24(29)16-15-23-26-21-18-20(32(30,31)27(8-3)9-4)13-14-22(21)28(23)17-7-2/h13-14,18-19H,6-12,15-17H2,1-5H3,(H,25,29). The highest BCUT2D eigenvalue weighted by atomic mass is 32.2. The lowest BCUT2D eigenvalue weighted by Crippen LogP contribution is -2.32. The highest BCUT2D eigenvalue weighted by Gasteiger charge is 2.23. The van der Waals surface area contributed by atoms with Gasteiger partial charge in [-0.3, -0.25) is 4.79 Å². The van der Waals surface area contributed by atoms with Crippen LogP contribution in [0.4, 0.5) is 0 Å². The van der Waals surface area contributed by atoms with Crippen LogP contribution in [-0.2, 0) is 27.8 Å². The number of carbonyl (C=O) groups is 1. The molecular weight excluding hydrogens is 424 g/mol. The van der Waals surface area contributed by atoms with Crippen molar-refractivity contribution in [2.45, 2.75) is 97.0 Å². The number of carbonyl (C=O) groups excluding carboxylic acids is 1. The average molecular weight is 465 g/mol. The number of rotatable bonds is 14. The zero-order chi connectivity index (χ0) is 23.7. The van der Waals surface area contributed by atoms with Crippen LogP contribution >= 0.6 is 0 Å². The smallest absolute Gasteiger partial charge is 0.243 e. The van der Waals surface area contributed by atoms with E-state index >= 15 is 0 Å². The summed E-state index contributed by atoms with van der Waals surface area (Å²) in [6, 6.07) is 5.34. The lowest BCUT2D eigenvalue weighted by atomic mass is 10.1. The van der Waals surface area contributed by atoms with Crippen LogP contribution in [0.3, 0.4) is 0 Å². The first-order valence-corrected chi connectivity index (χ1v) is 13.5. The third-order valence-corrected chi connectivity index (χ3v) is 7.86. The molecule has 1 N–H and O–H groups in total. The molecule has 7 nitrogen and oxygen atoms in total. The minimum Gasteiger partial charge on any atom is -0.354 e. The summed E-state index contributed by atoms with van der Waals surface area (Å²) in [5.74, 6) is 0.863. The maximum absolute atomic E-state index is 12.9. The molecule has 0 saturated heterocycles. The molecule has 32 heavy (non-hydrogen) atoms. The van der Waals surface area contributed by atoms with Crippen molar-refractivity contribution < 1.29 is 13.2 Å². The first kappa shape index (κ1) is 26.3. The molecule has 1 aromatic heterocycles. The Labute approximate surface area is 193 Å². The molecule has 180 valence electrons. The van der Waals surface area contributed by atoms with Crippen LogP contribution in [0.5, 0.6) is 0 Å². The maximum Gasteiger partial charge on any atom is 0.243 e. The second-order valence-corrected chi connectivity index (χ2v) is 10.3. The monoisotopic (exact) mass is 464 g/mol. The van der Waals surface area contributed by atoms with E-state index in [0.717, 1.165) is 37.1 Å². The van der Waals surface area contributed by atoms with Gasteiger partial charge in [-0.15, -0.1) is 0 Å². The van der Waals surface area contributed by atoms with Crippen LogP contribution in [0.25, 0.3) is 11.0 Å². The Kier molecular flexibility index (Phi) is 10.2. The van der Waals surface area contributed by atoms with Gasteiger partial charge >= 0.3 is 0 Å². The van der Waals surface area contributed by atoms with Gasteiger partial charge in [0.15, 0.2) is 0 Å². The number of hydrogen-bond acceptors (Lipinski definition) is 4. The van der Waals surface area contributed by atoms with Crippen molar-refractivity contribution in [1.82, 2.24) is 19.2 Å². The van der Waals surface area contributed by atoms with Crippen LogP contribution < -0.4 is 5.32 Å². The van der Waals surface area contributed by atoms with Gasteiger partial charge in [-0.2, -0.15) is 4.31 Å². The number of unbranched alkanes of at least 4 members (excludes halogenated alkanes) is 2. The average Bonchev–Trinajstić information content (AvgIpc) is 3.10. The van der Waals surface area contributed by atoms with Gasteiger partial charge in [0.2, 0.25) is 15.9 Å². The van der Waals surface area contributed by atoms with Gasteiger partial charge in [0.1, 0.15) is 5.82 Å². The Morgan fingerprint density at radius 2 is 1.84 bits per heavy atom. The molecule has 2 aromatic rings. The summed E-state index contributed by atoms with van der Waals surface area (Å²) in [6.45, 7) is 11.6. The van der Waals surface area contributed by atoms with Gasteiger partial charge in [0, 0.05) is 38.5 Å². The number of imidazole rings is 1. The fraction of sp³-hybridized carbons (Fsp3) is 0.667. The van der Waals surface area contributed by atoms with Gasteiger partial charge in [-0.25, -0.2) is 13.4 Å². The molecule has 2 rings (SSSR count). The zero-order valence-corrected chi connectivity index (χ0v) is 21.2. The minimum atomic E-state index is -3.54. The molecule has 0 spiro atoms. The number of aromatic nitrogens is 2. The Balaban J connectivity index is 2.19. The molecule has 0 fully saturated rings. The Morgan fingerprint density at radius 1 is 1.12 bits per heavy atom. The summed E-state index contributed by atoms with van der Waals surface area (Å²) in [6.07, 6.45) is 6.31. The van der Waals surface area contributed by atoms with Crippen molar-refractivity contribution in [3.63, 3.8) is 0 Å². The highest BCUT2D eigenvalue weighted by molar-refractivity contribution is 7.89. The van der Waals surface area contributed by atoms with Crippen LogP contribution in [0.2, 0.25) is 0 Å². The molecule has 1 aromatic carbocycles. The predicted molar refractivity (Wildman–Crippen MR) is 130 cm³/mol. The molecule has 1 unspecified atom stereocenters. The van der Waals surface area contributed by atoms with E-state index in [1.165, 1.54) is 17.1 Å². The van der Waals surface area contributed by atoms with Crippen LogP contribution in [0, 0.1) is 0 Å². The summed E-state index contributed by atoms with van der Waals surface area (Å²) >= 11 is 0. The SMILES string of the molecule is CCCCCC(C)NC(=O)CCc1nc2cc(S(=O)(=O)N(CC)CC)ccc2n1CCC. The van der Waals surface area contributed by atoms with Gasteiger partial charge in [-0.1, -0.05) is 47.0 Å². The largest absolute Gasteiger partial charge is 0.354 e. The number of amides is 1. The minimum absolute atomic E-state index is 0.0360. The van der Waals surface area contributed by atoms with Crippen molar-refractivity contribution in [2.75, 3.05) is 13.1 Å². The van der Waals surface area contributed by atoms with E-state index in [0.29, 0.717) is 31.4 Å². The fourth-order valence-electron chi connectivity index (χ4n) is 4.04. The van der Waals surface area contributed by atoms with E-state index in [4.69, 9.17) is 4.98 Å². The molecule has 8 heteroatoms. The van der Waals surface area contributed by atoms with E-state index < -0.39 is 10.0 Å². The molecular formula is C24H40N4O3S. The fourth-order valence-corrected chi connectivity index (χ4v) is 5.52. The van der Waals surface area contributed by atoms with Crippen LogP contribution in [0.15, 0.2) is 23.1 Å². The van der Waals surface area contributed by atoms with E-state index in [2.05, 4.69) is 30.7 Å². The Morgan fingerprint density at radius 3 is 2.47 bits per heavy atom. The van der Waals surface area contributed by atoms with Crippen molar-refractivity contribution in [1.29, 1.82) is 0 Å². The van der Waals surface area contributed by atoms with Crippen molar-refractivity contribution >= 4 is 27.0 Å². The Hall–Kier alpha value is -1.93. The molecule has 0 bridgehead atoms. The van der Waals surface area contributed by atoms with E-state index in [1.807, 2.05) is 19.9 Å². The van der Waals surface area contributed by atoms with E-state index in [9.17, 15) is 13.2 Å². The quantitative estimate of drug-likeness (QED) is 0.417. The van der Waals surface area contributed by atoms with E-state index in [-0.39, 0.29) is 16.8 Å². The zero-order valence-electron chi connectivity index (χ0n) is 20.4.